The van der Waals surface area contributed by atoms with Crippen molar-refractivity contribution in [2.24, 2.45) is 5.41 Å². The fraction of sp³-hybridized carbons (Fsp3) is 0.579. The molecule has 2 fully saturated rings. The fourth-order valence-electron chi connectivity index (χ4n) is 4.06. The first-order chi connectivity index (χ1) is 12.0. The highest BCUT2D eigenvalue weighted by atomic mass is 16.5. The molecule has 2 aliphatic heterocycles. The highest BCUT2D eigenvalue weighted by molar-refractivity contribution is 5.98. The summed E-state index contributed by atoms with van der Waals surface area (Å²) in [4.78, 5) is 29.3. The molecule has 1 atom stereocenters. The first-order valence-corrected chi connectivity index (χ1v) is 8.85. The molecule has 2 heterocycles. The van der Waals surface area contributed by atoms with E-state index in [1.807, 2.05) is 19.1 Å². The first-order valence-electron chi connectivity index (χ1n) is 8.85. The van der Waals surface area contributed by atoms with Gasteiger partial charge in [-0.2, -0.15) is 0 Å². The number of benzene rings is 1. The molecule has 0 bridgehead atoms. The number of carbonyl (C=O) groups excluding carboxylic acids is 2. The van der Waals surface area contributed by atoms with Gasteiger partial charge in [0.1, 0.15) is 5.75 Å². The predicted molar refractivity (Wildman–Crippen MR) is 93.6 cm³/mol. The van der Waals surface area contributed by atoms with E-state index in [4.69, 9.17) is 9.84 Å². The minimum atomic E-state index is -0.485. The number of nitrogens with zero attached hydrogens (tertiary/aromatic N) is 2. The summed E-state index contributed by atoms with van der Waals surface area (Å²) in [7, 11) is 1.56. The molecule has 2 aliphatic rings. The molecule has 25 heavy (non-hydrogen) atoms. The minimum absolute atomic E-state index is 0.0228. The molecule has 2 saturated heterocycles. The summed E-state index contributed by atoms with van der Waals surface area (Å²) in [6.45, 7) is 4.03. The molecule has 0 radical (unpaired) electrons. The molecule has 0 aromatic heterocycles. The SMILES string of the molecule is COc1cc(C)ccc1C(=O)N1CCC2(CCCN(CCO)C2=O)C1. The van der Waals surface area contributed by atoms with Gasteiger partial charge in [-0.25, -0.2) is 0 Å². The zero-order chi connectivity index (χ0) is 18.0. The molecule has 0 saturated carbocycles. The Balaban J connectivity index is 1.78. The Morgan fingerprint density at radius 2 is 2.12 bits per heavy atom. The number of rotatable bonds is 4. The van der Waals surface area contributed by atoms with Gasteiger partial charge in [-0.05, 0) is 43.9 Å². The highest BCUT2D eigenvalue weighted by Crippen LogP contribution is 2.40. The zero-order valence-corrected chi connectivity index (χ0v) is 15.0. The molecule has 1 spiro atoms. The van der Waals surface area contributed by atoms with Gasteiger partial charge in [0.25, 0.3) is 5.91 Å². The van der Waals surface area contributed by atoms with E-state index < -0.39 is 5.41 Å². The van der Waals surface area contributed by atoms with Crippen molar-refractivity contribution >= 4 is 11.8 Å². The number of piperidine rings is 1. The average Bonchev–Trinajstić information content (AvgIpc) is 3.04. The van der Waals surface area contributed by atoms with Crippen LogP contribution in [-0.2, 0) is 4.79 Å². The number of β-amino-alcohol motifs (C(OH)–C–C–N with tert-alkyl or cyclic N) is 1. The molecule has 6 nitrogen and oxygen atoms in total. The summed E-state index contributed by atoms with van der Waals surface area (Å²) in [6, 6.07) is 5.55. The van der Waals surface area contributed by atoms with Crippen LogP contribution in [0.25, 0.3) is 0 Å². The van der Waals surface area contributed by atoms with Crippen LogP contribution in [0.15, 0.2) is 18.2 Å². The molecular formula is C19H26N2O4. The summed E-state index contributed by atoms with van der Waals surface area (Å²) in [6.07, 6.45) is 2.41. The first kappa shape index (κ1) is 17.7. The lowest BCUT2D eigenvalue weighted by Crippen LogP contribution is -2.51. The van der Waals surface area contributed by atoms with Crippen LogP contribution < -0.4 is 4.74 Å². The number of methoxy groups -OCH3 is 1. The number of aliphatic hydroxyl groups excluding tert-OH is 1. The monoisotopic (exact) mass is 346 g/mol. The van der Waals surface area contributed by atoms with Gasteiger partial charge in [0.2, 0.25) is 5.91 Å². The van der Waals surface area contributed by atoms with Crippen LogP contribution in [0.1, 0.15) is 35.2 Å². The van der Waals surface area contributed by atoms with E-state index in [0.29, 0.717) is 43.9 Å². The van der Waals surface area contributed by atoms with Gasteiger partial charge in [-0.15, -0.1) is 0 Å². The molecule has 6 heteroatoms. The quantitative estimate of drug-likeness (QED) is 0.896. The normalized spacial score (nSPS) is 23.4. The summed E-state index contributed by atoms with van der Waals surface area (Å²) < 4.78 is 5.36. The van der Waals surface area contributed by atoms with Crippen molar-refractivity contribution in [3.63, 3.8) is 0 Å². The van der Waals surface area contributed by atoms with E-state index in [0.717, 1.165) is 18.4 Å². The van der Waals surface area contributed by atoms with Crippen LogP contribution in [0.2, 0.25) is 0 Å². The Bertz CT molecular complexity index is 673. The number of hydrogen-bond acceptors (Lipinski definition) is 4. The Labute approximate surface area is 148 Å². The van der Waals surface area contributed by atoms with E-state index in [-0.39, 0.29) is 18.4 Å². The zero-order valence-electron chi connectivity index (χ0n) is 15.0. The van der Waals surface area contributed by atoms with Gasteiger partial charge in [0.05, 0.1) is 24.7 Å². The van der Waals surface area contributed by atoms with Crippen molar-refractivity contribution in [1.82, 2.24) is 9.80 Å². The molecule has 3 rings (SSSR count). The van der Waals surface area contributed by atoms with Crippen molar-refractivity contribution in [1.29, 1.82) is 0 Å². The van der Waals surface area contributed by atoms with Gasteiger partial charge in [0.15, 0.2) is 0 Å². The molecule has 2 amide bonds. The lowest BCUT2D eigenvalue weighted by atomic mass is 9.78. The second-order valence-corrected chi connectivity index (χ2v) is 7.08. The van der Waals surface area contributed by atoms with Crippen LogP contribution in [0.5, 0.6) is 5.75 Å². The predicted octanol–water partition coefficient (Wildman–Crippen LogP) is 1.45. The van der Waals surface area contributed by atoms with Crippen LogP contribution in [0, 0.1) is 12.3 Å². The van der Waals surface area contributed by atoms with Crippen LogP contribution in [-0.4, -0.2) is 66.6 Å². The van der Waals surface area contributed by atoms with E-state index in [1.54, 1.807) is 23.0 Å². The van der Waals surface area contributed by atoms with Gasteiger partial charge < -0.3 is 19.6 Å². The number of ether oxygens (including phenoxy) is 1. The van der Waals surface area contributed by atoms with Gasteiger partial charge in [-0.1, -0.05) is 6.07 Å². The van der Waals surface area contributed by atoms with Crippen molar-refractivity contribution in [2.45, 2.75) is 26.2 Å². The lowest BCUT2D eigenvalue weighted by molar-refractivity contribution is -0.146. The molecule has 1 aromatic rings. The molecule has 1 aromatic carbocycles. The smallest absolute Gasteiger partial charge is 0.257 e. The maximum absolute atomic E-state index is 13.0. The number of aliphatic hydroxyl groups is 1. The number of amides is 2. The maximum Gasteiger partial charge on any atom is 0.257 e. The van der Waals surface area contributed by atoms with E-state index in [2.05, 4.69) is 0 Å². The molecule has 1 unspecified atom stereocenters. The van der Waals surface area contributed by atoms with Crippen LogP contribution in [0.3, 0.4) is 0 Å². The highest BCUT2D eigenvalue weighted by Gasteiger charge is 2.49. The topological polar surface area (TPSA) is 70.1 Å². The standard InChI is InChI=1S/C19H26N2O4/c1-14-4-5-15(16(12-14)25-2)17(23)21-9-7-19(13-21)6-3-8-20(10-11-22)18(19)24/h4-5,12,22H,3,6-11,13H2,1-2H3. The van der Waals surface area contributed by atoms with Crippen LogP contribution >= 0.6 is 0 Å². The van der Waals surface area contributed by atoms with Crippen molar-refractivity contribution < 1.29 is 19.4 Å². The molecule has 136 valence electrons. The Hall–Kier alpha value is -2.08. The fourth-order valence-corrected chi connectivity index (χ4v) is 4.06. The van der Waals surface area contributed by atoms with Gasteiger partial charge in [0, 0.05) is 26.2 Å². The Morgan fingerprint density at radius 1 is 1.32 bits per heavy atom. The number of hydrogen-bond donors (Lipinski definition) is 1. The second kappa shape index (κ2) is 7.04. The Morgan fingerprint density at radius 3 is 2.84 bits per heavy atom. The minimum Gasteiger partial charge on any atom is -0.496 e. The summed E-state index contributed by atoms with van der Waals surface area (Å²) in [5.41, 5.74) is 1.09. The third-order valence-electron chi connectivity index (χ3n) is 5.42. The van der Waals surface area contributed by atoms with E-state index >= 15 is 0 Å². The van der Waals surface area contributed by atoms with Gasteiger partial charge in [-0.3, -0.25) is 9.59 Å². The largest absolute Gasteiger partial charge is 0.496 e. The summed E-state index contributed by atoms with van der Waals surface area (Å²) in [5, 5.41) is 9.16. The molecule has 0 aliphatic carbocycles. The number of likely N-dealkylation sites (tertiary alicyclic amines) is 2. The third-order valence-corrected chi connectivity index (χ3v) is 5.42. The van der Waals surface area contributed by atoms with Gasteiger partial charge >= 0.3 is 0 Å². The third kappa shape index (κ3) is 3.23. The lowest BCUT2D eigenvalue weighted by Gasteiger charge is -2.39. The van der Waals surface area contributed by atoms with Crippen molar-refractivity contribution in [3.8, 4) is 5.75 Å². The average molecular weight is 346 g/mol. The molecular weight excluding hydrogens is 320 g/mol. The van der Waals surface area contributed by atoms with Crippen LogP contribution in [0.4, 0.5) is 0 Å². The number of aryl methyl sites for hydroxylation is 1. The maximum atomic E-state index is 13.0. The Kier molecular flexibility index (Phi) is 4.99. The molecule has 1 N–H and O–H groups in total. The van der Waals surface area contributed by atoms with Crippen molar-refractivity contribution in [3.05, 3.63) is 29.3 Å². The summed E-state index contributed by atoms with van der Waals surface area (Å²) in [5.74, 6) is 0.572. The summed E-state index contributed by atoms with van der Waals surface area (Å²) >= 11 is 0. The van der Waals surface area contributed by atoms with E-state index in [1.165, 1.54) is 0 Å². The van der Waals surface area contributed by atoms with E-state index in [9.17, 15) is 9.59 Å². The number of carbonyl (C=O) groups is 2. The van der Waals surface area contributed by atoms with Crippen molar-refractivity contribution in [2.75, 3.05) is 39.9 Å². The second-order valence-electron chi connectivity index (χ2n) is 7.08.